The molecule has 0 aromatic heterocycles. The van der Waals surface area contributed by atoms with E-state index in [0.29, 0.717) is 54.8 Å². The number of hydrogen-bond donors (Lipinski definition) is 1. The Morgan fingerprint density at radius 2 is 1.83 bits per heavy atom. The van der Waals surface area contributed by atoms with Crippen LogP contribution in [-0.4, -0.2) is 29.1 Å². The van der Waals surface area contributed by atoms with Crippen LogP contribution in [-0.2, 0) is 14.3 Å². The zero-order chi connectivity index (χ0) is 21.0. The van der Waals surface area contributed by atoms with Gasteiger partial charge in [-0.2, -0.15) is 0 Å². The molecule has 0 bridgehead atoms. The van der Waals surface area contributed by atoms with Crippen LogP contribution in [0.4, 0.5) is 0 Å². The smallest absolute Gasteiger partial charge is 0.305 e. The van der Waals surface area contributed by atoms with E-state index < -0.39 is 5.60 Å². The third-order valence-corrected chi connectivity index (χ3v) is 10.4. The summed E-state index contributed by atoms with van der Waals surface area (Å²) in [6.45, 7) is 9.25. The molecule has 0 heterocycles. The highest BCUT2D eigenvalue weighted by molar-refractivity contribution is 5.80. The highest BCUT2D eigenvalue weighted by Gasteiger charge is 2.65. The van der Waals surface area contributed by atoms with Crippen LogP contribution < -0.4 is 0 Å². The van der Waals surface area contributed by atoms with Crippen molar-refractivity contribution in [2.75, 3.05) is 6.61 Å². The van der Waals surface area contributed by atoms with E-state index in [0.717, 1.165) is 32.1 Å². The Morgan fingerprint density at radius 1 is 1.10 bits per heavy atom. The van der Waals surface area contributed by atoms with E-state index in [1.807, 2.05) is 6.92 Å². The van der Waals surface area contributed by atoms with Crippen molar-refractivity contribution in [3.63, 3.8) is 0 Å². The standard InChI is InChI=1S/C25H40O4/c1-5-22(27)29-13-12-25(28)11-9-20-19-7-6-17-15-18(26)14-16(2)24(17,4)21(19)8-10-23(20,25)3/h16-17,19-21,28H,5-15H2,1-4H3/t16-,17-,19-,20-,21-,23-,24-,25+/m0/s1. The van der Waals surface area contributed by atoms with Crippen molar-refractivity contribution in [3.05, 3.63) is 0 Å². The maximum absolute atomic E-state index is 12.3. The molecule has 0 amide bonds. The third-order valence-electron chi connectivity index (χ3n) is 10.4. The molecule has 1 N–H and O–H groups in total. The number of rotatable bonds is 4. The molecular weight excluding hydrogens is 364 g/mol. The number of esters is 1. The maximum Gasteiger partial charge on any atom is 0.305 e. The van der Waals surface area contributed by atoms with Gasteiger partial charge in [0.2, 0.25) is 0 Å². The van der Waals surface area contributed by atoms with Crippen molar-refractivity contribution < 1.29 is 19.4 Å². The second kappa shape index (κ2) is 7.35. The third kappa shape index (κ3) is 3.11. The lowest BCUT2D eigenvalue weighted by atomic mass is 9.42. The van der Waals surface area contributed by atoms with Crippen molar-refractivity contribution >= 4 is 11.8 Å². The summed E-state index contributed by atoms with van der Waals surface area (Å²) in [5, 5.41) is 11.7. The van der Waals surface area contributed by atoms with Gasteiger partial charge in [0.1, 0.15) is 5.78 Å². The van der Waals surface area contributed by atoms with Crippen LogP contribution >= 0.6 is 0 Å². The Morgan fingerprint density at radius 3 is 2.55 bits per heavy atom. The molecule has 0 unspecified atom stereocenters. The molecule has 4 aliphatic carbocycles. The van der Waals surface area contributed by atoms with Crippen molar-refractivity contribution in [1.29, 1.82) is 0 Å². The molecule has 0 saturated heterocycles. The fourth-order valence-corrected chi connectivity index (χ4v) is 8.44. The van der Waals surface area contributed by atoms with Crippen LogP contribution in [0.1, 0.15) is 91.9 Å². The van der Waals surface area contributed by atoms with Gasteiger partial charge in [-0.25, -0.2) is 0 Å². The van der Waals surface area contributed by atoms with E-state index in [2.05, 4.69) is 20.8 Å². The molecule has 29 heavy (non-hydrogen) atoms. The van der Waals surface area contributed by atoms with Gasteiger partial charge in [-0.1, -0.05) is 27.7 Å². The Hall–Kier alpha value is -0.900. The molecule has 0 aliphatic heterocycles. The van der Waals surface area contributed by atoms with Crippen LogP contribution in [0.3, 0.4) is 0 Å². The molecule has 4 nitrogen and oxygen atoms in total. The summed E-state index contributed by atoms with van der Waals surface area (Å²) in [6.07, 6.45) is 9.03. The van der Waals surface area contributed by atoms with Crippen molar-refractivity contribution in [2.45, 2.75) is 97.5 Å². The summed E-state index contributed by atoms with van der Waals surface area (Å²) in [4.78, 5) is 23.8. The molecule has 0 radical (unpaired) electrons. The first kappa shape index (κ1) is 21.3. The van der Waals surface area contributed by atoms with Gasteiger partial charge < -0.3 is 9.84 Å². The number of Topliss-reactive ketones (excluding diaryl/α,β-unsaturated/α-hetero) is 1. The molecule has 164 valence electrons. The van der Waals surface area contributed by atoms with E-state index in [9.17, 15) is 14.7 Å². The zero-order valence-electron chi connectivity index (χ0n) is 18.8. The minimum Gasteiger partial charge on any atom is -0.466 e. The monoisotopic (exact) mass is 404 g/mol. The summed E-state index contributed by atoms with van der Waals surface area (Å²) >= 11 is 0. The fraction of sp³-hybridized carbons (Fsp3) is 0.920. The van der Waals surface area contributed by atoms with Crippen LogP contribution in [0.15, 0.2) is 0 Å². The van der Waals surface area contributed by atoms with Gasteiger partial charge in [-0.3, -0.25) is 9.59 Å². The summed E-state index contributed by atoms with van der Waals surface area (Å²) in [6, 6.07) is 0. The number of carbonyl (C=O) groups is 2. The summed E-state index contributed by atoms with van der Waals surface area (Å²) in [7, 11) is 0. The largest absolute Gasteiger partial charge is 0.466 e. The molecule has 8 atom stereocenters. The summed E-state index contributed by atoms with van der Waals surface area (Å²) in [5.74, 6) is 3.22. The normalized spacial score (nSPS) is 49.1. The Balaban J connectivity index is 1.53. The number of ether oxygens (including phenoxy) is 1. The fourth-order valence-electron chi connectivity index (χ4n) is 8.44. The topological polar surface area (TPSA) is 63.6 Å². The zero-order valence-corrected chi connectivity index (χ0v) is 18.8. The van der Waals surface area contributed by atoms with Crippen molar-refractivity contribution in [3.8, 4) is 0 Å². The van der Waals surface area contributed by atoms with E-state index in [1.54, 1.807) is 0 Å². The van der Waals surface area contributed by atoms with Gasteiger partial charge in [-0.05, 0) is 78.9 Å². The second-order valence-electron chi connectivity index (χ2n) is 11.2. The minimum absolute atomic E-state index is 0.0797. The lowest BCUT2D eigenvalue weighted by molar-refractivity contribution is -0.172. The van der Waals surface area contributed by atoms with Gasteiger partial charge in [0.15, 0.2) is 0 Å². The first-order valence-corrected chi connectivity index (χ1v) is 12.1. The number of fused-ring (bicyclic) bond motifs is 5. The van der Waals surface area contributed by atoms with Gasteiger partial charge in [0.05, 0.1) is 12.2 Å². The van der Waals surface area contributed by atoms with Gasteiger partial charge >= 0.3 is 5.97 Å². The lowest BCUT2D eigenvalue weighted by Crippen LogP contribution is -2.58. The quantitative estimate of drug-likeness (QED) is 0.676. The average Bonchev–Trinajstić information content (AvgIpc) is 2.94. The SMILES string of the molecule is CCC(=O)OCC[C@]1(O)CC[C@H]2[C@@H]3CC[C@H]4CC(=O)C[C@H](C)[C@]4(C)[C@H]3CC[C@@]21C. The second-order valence-corrected chi connectivity index (χ2v) is 11.2. The Kier molecular flexibility index (Phi) is 5.41. The van der Waals surface area contributed by atoms with Crippen molar-refractivity contribution in [2.24, 2.45) is 40.4 Å². The Labute approximate surface area is 176 Å². The van der Waals surface area contributed by atoms with Crippen LogP contribution in [0, 0.1) is 40.4 Å². The lowest BCUT2D eigenvalue weighted by Gasteiger charge is -2.62. The van der Waals surface area contributed by atoms with E-state index in [4.69, 9.17) is 4.74 Å². The van der Waals surface area contributed by atoms with E-state index in [1.165, 1.54) is 19.3 Å². The highest BCUT2D eigenvalue weighted by Crippen LogP contribution is 2.69. The molecular formula is C25H40O4. The number of carbonyl (C=O) groups excluding carboxylic acids is 2. The van der Waals surface area contributed by atoms with E-state index in [-0.39, 0.29) is 16.8 Å². The maximum atomic E-state index is 12.3. The summed E-state index contributed by atoms with van der Waals surface area (Å²) < 4.78 is 5.33. The minimum atomic E-state index is -0.720. The highest BCUT2D eigenvalue weighted by atomic mass is 16.5. The number of ketones is 1. The molecule has 0 spiro atoms. The number of aliphatic hydroxyl groups is 1. The van der Waals surface area contributed by atoms with Gasteiger partial charge in [0.25, 0.3) is 0 Å². The Bertz CT molecular complexity index is 674. The van der Waals surface area contributed by atoms with Crippen molar-refractivity contribution in [1.82, 2.24) is 0 Å². The first-order chi connectivity index (χ1) is 13.7. The molecule has 0 aromatic rings. The summed E-state index contributed by atoms with van der Waals surface area (Å²) in [5.41, 5.74) is -0.526. The molecule has 4 rings (SSSR count). The molecule has 4 fully saturated rings. The van der Waals surface area contributed by atoms with Crippen LogP contribution in [0.25, 0.3) is 0 Å². The van der Waals surface area contributed by atoms with Crippen LogP contribution in [0.5, 0.6) is 0 Å². The molecule has 4 heteroatoms. The van der Waals surface area contributed by atoms with Gasteiger partial charge in [-0.15, -0.1) is 0 Å². The van der Waals surface area contributed by atoms with Crippen LogP contribution in [0.2, 0.25) is 0 Å². The number of hydrogen-bond acceptors (Lipinski definition) is 4. The van der Waals surface area contributed by atoms with E-state index >= 15 is 0 Å². The molecule has 0 aromatic carbocycles. The predicted molar refractivity (Wildman–Crippen MR) is 112 cm³/mol. The van der Waals surface area contributed by atoms with Gasteiger partial charge in [0, 0.05) is 25.7 Å². The predicted octanol–water partition coefficient (Wildman–Crippen LogP) is 4.92. The molecule has 4 aliphatic rings. The molecule has 4 saturated carbocycles. The average molecular weight is 405 g/mol. The first-order valence-electron chi connectivity index (χ1n) is 12.1.